The zero-order valence-electron chi connectivity index (χ0n) is 18.5. The molecule has 8 nitrogen and oxygen atoms in total. The van der Waals surface area contributed by atoms with Crippen LogP contribution in [0.2, 0.25) is 0 Å². The second-order valence-corrected chi connectivity index (χ2v) is 8.69. The fourth-order valence-electron chi connectivity index (χ4n) is 4.96. The molecule has 3 aliphatic rings. The number of benzene rings is 1. The van der Waals surface area contributed by atoms with Gasteiger partial charge in [-0.3, -0.25) is 14.5 Å². The molecule has 168 valence electrons. The number of ether oxygens (including phenoxy) is 1. The minimum Gasteiger partial charge on any atom is -0.478 e. The van der Waals surface area contributed by atoms with E-state index in [2.05, 4.69) is 31.5 Å². The number of amides is 2. The first-order chi connectivity index (χ1) is 15.6. The summed E-state index contributed by atoms with van der Waals surface area (Å²) in [5.41, 5.74) is 3.46. The summed E-state index contributed by atoms with van der Waals surface area (Å²) in [4.78, 5) is 33.2. The molecule has 1 aliphatic carbocycles. The van der Waals surface area contributed by atoms with Crippen LogP contribution in [0.15, 0.2) is 36.5 Å². The highest BCUT2D eigenvalue weighted by Crippen LogP contribution is 2.38. The number of hydrogen-bond acceptors (Lipinski definition) is 6. The van der Waals surface area contributed by atoms with Crippen molar-refractivity contribution in [2.75, 3.05) is 30.4 Å². The zero-order valence-corrected chi connectivity index (χ0v) is 18.5. The molecule has 0 bridgehead atoms. The molecule has 3 heterocycles. The van der Waals surface area contributed by atoms with E-state index in [9.17, 15) is 9.59 Å². The molecule has 1 saturated carbocycles. The van der Waals surface area contributed by atoms with Crippen LogP contribution in [0, 0.1) is 0 Å². The van der Waals surface area contributed by atoms with Gasteiger partial charge >= 0.3 is 0 Å². The third kappa shape index (κ3) is 3.68. The molecule has 0 radical (unpaired) electrons. The Bertz CT molecular complexity index is 1020. The maximum atomic E-state index is 12.2. The monoisotopic (exact) mass is 435 g/mol. The lowest BCUT2D eigenvalue weighted by Crippen LogP contribution is -2.64. The van der Waals surface area contributed by atoms with Crippen LogP contribution in [-0.4, -0.2) is 60.0 Å². The average molecular weight is 436 g/mol. The number of nitrogens with one attached hydrogen (secondary N) is 2. The van der Waals surface area contributed by atoms with Crippen LogP contribution in [0.5, 0.6) is 5.75 Å². The van der Waals surface area contributed by atoms with E-state index in [1.807, 2.05) is 31.3 Å². The molecule has 5 rings (SSSR count). The van der Waals surface area contributed by atoms with Crippen molar-refractivity contribution in [3.05, 3.63) is 47.8 Å². The van der Waals surface area contributed by atoms with Gasteiger partial charge in [-0.2, -0.15) is 0 Å². The maximum Gasteiger partial charge on any atom is 0.269 e. The number of nitrogens with zero attached hydrogens (tertiary/aromatic N) is 3. The number of pyridine rings is 1. The van der Waals surface area contributed by atoms with E-state index in [4.69, 9.17) is 4.74 Å². The number of anilines is 2. The third-order valence-corrected chi connectivity index (χ3v) is 6.86. The Morgan fingerprint density at radius 1 is 1.22 bits per heavy atom. The van der Waals surface area contributed by atoms with Crippen molar-refractivity contribution in [1.29, 1.82) is 0 Å². The van der Waals surface area contributed by atoms with Gasteiger partial charge in [0.15, 0.2) is 6.10 Å². The molecule has 2 N–H and O–H groups in total. The van der Waals surface area contributed by atoms with Gasteiger partial charge in [0.05, 0.1) is 17.6 Å². The number of fused-ring (bicyclic) bond motifs is 2. The summed E-state index contributed by atoms with van der Waals surface area (Å²) in [7, 11) is 1.61. The SMILES string of the molecule is CC[C@H]1Oc2ccc(CN3CCN(c4ccc(C(=O)NC)nc4)C4CCC43)cc2NC1=O. The topological polar surface area (TPSA) is 86.8 Å². The summed E-state index contributed by atoms with van der Waals surface area (Å²) in [6.45, 7) is 4.68. The summed E-state index contributed by atoms with van der Waals surface area (Å²) in [5.74, 6) is 0.514. The van der Waals surface area contributed by atoms with E-state index in [1.165, 1.54) is 12.0 Å². The molecule has 1 saturated heterocycles. The van der Waals surface area contributed by atoms with Crippen LogP contribution in [0.3, 0.4) is 0 Å². The van der Waals surface area contributed by atoms with E-state index >= 15 is 0 Å². The molecule has 1 aromatic carbocycles. The Morgan fingerprint density at radius 3 is 2.75 bits per heavy atom. The van der Waals surface area contributed by atoms with Gasteiger partial charge in [0.25, 0.3) is 11.8 Å². The third-order valence-electron chi connectivity index (χ3n) is 6.86. The molecule has 2 aromatic rings. The van der Waals surface area contributed by atoms with Crippen molar-refractivity contribution in [3.8, 4) is 5.75 Å². The Morgan fingerprint density at radius 2 is 2.06 bits per heavy atom. The number of carbonyl (C=O) groups is 2. The fourth-order valence-corrected chi connectivity index (χ4v) is 4.96. The first kappa shape index (κ1) is 20.8. The smallest absolute Gasteiger partial charge is 0.269 e. The Hall–Kier alpha value is -3.13. The zero-order chi connectivity index (χ0) is 22.2. The van der Waals surface area contributed by atoms with Crippen LogP contribution in [0.1, 0.15) is 42.2 Å². The van der Waals surface area contributed by atoms with E-state index < -0.39 is 6.10 Å². The van der Waals surface area contributed by atoms with Gasteiger partial charge in [0.2, 0.25) is 0 Å². The lowest BCUT2D eigenvalue weighted by atomic mass is 9.81. The number of aromatic nitrogens is 1. The van der Waals surface area contributed by atoms with E-state index in [1.54, 1.807) is 13.1 Å². The van der Waals surface area contributed by atoms with Crippen LogP contribution < -0.4 is 20.3 Å². The molecular formula is C24H29N5O3. The summed E-state index contributed by atoms with van der Waals surface area (Å²) < 4.78 is 5.82. The summed E-state index contributed by atoms with van der Waals surface area (Å²) >= 11 is 0. The van der Waals surface area contributed by atoms with Crippen molar-refractivity contribution >= 4 is 23.2 Å². The summed E-state index contributed by atoms with van der Waals surface area (Å²) in [5, 5.41) is 5.60. The van der Waals surface area contributed by atoms with Crippen molar-refractivity contribution < 1.29 is 14.3 Å². The van der Waals surface area contributed by atoms with Crippen molar-refractivity contribution in [2.45, 2.75) is 50.9 Å². The quantitative estimate of drug-likeness (QED) is 0.750. The van der Waals surface area contributed by atoms with Gasteiger partial charge in [-0.1, -0.05) is 13.0 Å². The molecular weight excluding hydrogens is 406 g/mol. The molecule has 0 spiro atoms. The van der Waals surface area contributed by atoms with Crippen molar-refractivity contribution in [1.82, 2.24) is 15.2 Å². The largest absolute Gasteiger partial charge is 0.478 e. The molecule has 2 unspecified atom stereocenters. The Labute approximate surface area is 187 Å². The van der Waals surface area contributed by atoms with Crippen LogP contribution in [0.25, 0.3) is 0 Å². The highest BCUT2D eigenvalue weighted by Gasteiger charge is 2.43. The Balaban J connectivity index is 1.26. The summed E-state index contributed by atoms with van der Waals surface area (Å²) in [6.07, 6.45) is 4.39. The van der Waals surface area contributed by atoms with Crippen LogP contribution in [0.4, 0.5) is 11.4 Å². The first-order valence-electron chi connectivity index (χ1n) is 11.4. The van der Waals surface area contributed by atoms with Crippen LogP contribution in [-0.2, 0) is 11.3 Å². The lowest BCUT2D eigenvalue weighted by molar-refractivity contribution is -0.123. The van der Waals surface area contributed by atoms with E-state index in [-0.39, 0.29) is 11.8 Å². The molecule has 2 aliphatic heterocycles. The van der Waals surface area contributed by atoms with Gasteiger partial charge in [-0.05, 0) is 49.1 Å². The molecule has 1 aromatic heterocycles. The molecule has 32 heavy (non-hydrogen) atoms. The first-order valence-corrected chi connectivity index (χ1v) is 11.4. The number of hydrogen-bond donors (Lipinski definition) is 2. The molecule has 2 amide bonds. The number of rotatable bonds is 5. The normalized spacial score (nSPS) is 24.5. The minimum absolute atomic E-state index is 0.0686. The maximum absolute atomic E-state index is 12.2. The van der Waals surface area contributed by atoms with Crippen molar-refractivity contribution in [3.63, 3.8) is 0 Å². The van der Waals surface area contributed by atoms with Crippen molar-refractivity contribution in [2.24, 2.45) is 0 Å². The van der Waals surface area contributed by atoms with Gasteiger partial charge in [-0.25, -0.2) is 4.98 Å². The van der Waals surface area contributed by atoms with Gasteiger partial charge < -0.3 is 20.3 Å². The van der Waals surface area contributed by atoms with Gasteiger partial charge in [0, 0.05) is 38.8 Å². The molecule has 8 heteroatoms. The lowest BCUT2D eigenvalue weighted by Gasteiger charge is -2.54. The van der Waals surface area contributed by atoms with E-state index in [0.29, 0.717) is 24.2 Å². The second-order valence-electron chi connectivity index (χ2n) is 8.69. The molecule has 2 fully saturated rings. The summed E-state index contributed by atoms with van der Waals surface area (Å²) in [6, 6.07) is 10.9. The Kier molecular flexibility index (Phi) is 5.46. The second kappa shape index (κ2) is 8.43. The average Bonchev–Trinajstić information content (AvgIpc) is 2.79. The highest BCUT2D eigenvalue weighted by atomic mass is 16.5. The predicted molar refractivity (Wildman–Crippen MR) is 122 cm³/mol. The minimum atomic E-state index is -0.405. The molecule has 3 atom stereocenters. The van der Waals surface area contributed by atoms with E-state index in [0.717, 1.165) is 43.2 Å². The van der Waals surface area contributed by atoms with Crippen LogP contribution >= 0.6 is 0 Å². The standard InChI is InChI=1S/C24H29N5O3/c1-3-21-24(31)27-18-12-15(4-9-22(18)32-21)14-28-10-11-29(20-8-7-19(20)28)16-5-6-17(26-13-16)23(30)25-2/h4-6,9,12-13,19-21H,3,7-8,10-11,14H2,1-2H3,(H,25,30)(H,27,31)/t19?,20?,21-/m1/s1. The number of carbonyl (C=O) groups excluding carboxylic acids is 2. The van der Waals surface area contributed by atoms with Gasteiger partial charge in [-0.15, -0.1) is 0 Å². The fraction of sp³-hybridized carbons (Fsp3) is 0.458. The number of piperazine rings is 1. The predicted octanol–water partition coefficient (Wildman–Crippen LogP) is 2.40. The van der Waals surface area contributed by atoms with Gasteiger partial charge in [0.1, 0.15) is 11.4 Å². The highest BCUT2D eigenvalue weighted by molar-refractivity contribution is 5.97.